The number of rotatable bonds is 4. The molecule has 2 aromatic heterocycles. The Labute approximate surface area is 146 Å². The van der Waals surface area contributed by atoms with E-state index in [0.29, 0.717) is 16.0 Å². The number of hydrogen-bond acceptors (Lipinski definition) is 4. The van der Waals surface area contributed by atoms with Crippen LogP contribution in [0, 0.1) is 17.2 Å². The normalized spacial score (nSPS) is 21.2. The Bertz CT molecular complexity index is 774. The number of H-pyrrole nitrogens is 1. The van der Waals surface area contributed by atoms with E-state index >= 15 is 0 Å². The maximum absolute atomic E-state index is 12.6. The number of guanidine groups is 1. The van der Waals surface area contributed by atoms with Crippen LogP contribution in [0.25, 0.3) is 11.0 Å². The van der Waals surface area contributed by atoms with Gasteiger partial charge in [0.15, 0.2) is 5.65 Å². The average Bonchev–Trinajstić information content (AvgIpc) is 3.04. The molecule has 8 heteroatoms. The van der Waals surface area contributed by atoms with Crippen molar-refractivity contribution in [1.29, 1.82) is 5.41 Å². The van der Waals surface area contributed by atoms with Crippen molar-refractivity contribution in [2.45, 2.75) is 25.7 Å². The standard InChI is InChI=1S/C17H25N7O/c1-24(2,17(18)19)10-11-3-5-12(6-4-11)16(25)22-14-7-8-20-15-13(14)9-21-23-15/h7-9,11-12H,3-6,10H2,1-2H3,(H4-,18,19,20,21,22,23,25)/p+1/t11-,12-. The molecule has 0 radical (unpaired) electrons. The summed E-state index contributed by atoms with van der Waals surface area (Å²) in [6.45, 7) is 0.851. The topological polar surface area (TPSA) is 121 Å². The van der Waals surface area contributed by atoms with E-state index in [1.807, 2.05) is 14.1 Å². The molecular weight excluding hydrogens is 318 g/mol. The van der Waals surface area contributed by atoms with Crippen molar-refractivity contribution in [3.63, 3.8) is 0 Å². The molecule has 1 aliphatic rings. The van der Waals surface area contributed by atoms with Crippen molar-refractivity contribution in [1.82, 2.24) is 15.2 Å². The molecule has 5 N–H and O–H groups in total. The molecule has 25 heavy (non-hydrogen) atoms. The molecule has 3 rings (SSSR count). The van der Waals surface area contributed by atoms with Gasteiger partial charge in [-0.3, -0.25) is 14.4 Å². The lowest BCUT2D eigenvalue weighted by atomic mass is 9.81. The van der Waals surface area contributed by atoms with Crippen molar-refractivity contribution in [2.75, 3.05) is 26.0 Å². The second-order valence-corrected chi connectivity index (χ2v) is 7.45. The van der Waals surface area contributed by atoms with Gasteiger partial charge in [-0.2, -0.15) is 5.10 Å². The molecule has 0 spiro atoms. The second kappa shape index (κ2) is 6.79. The molecule has 1 fully saturated rings. The molecular formula is C17H26N7O+. The number of fused-ring (bicyclic) bond motifs is 1. The minimum absolute atomic E-state index is 0.0271. The minimum atomic E-state index is 0.0271. The number of aromatic nitrogens is 3. The van der Waals surface area contributed by atoms with Gasteiger partial charge in [-0.15, -0.1) is 0 Å². The highest BCUT2D eigenvalue weighted by atomic mass is 16.1. The molecule has 1 amide bonds. The van der Waals surface area contributed by atoms with Crippen LogP contribution in [0.15, 0.2) is 18.5 Å². The summed E-state index contributed by atoms with van der Waals surface area (Å²) in [5, 5.41) is 18.3. The van der Waals surface area contributed by atoms with Crippen LogP contribution in [0.1, 0.15) is 25.7 Å². The number of aromatic amines is 1. The first-order chi connectivity index (χ1) is 11.9. The number of nitrogens with two attached hydrogens (primary N) is 1. The van der Waals surface area contributed by atoms with E-state index in [4.69, 9.17) is 11.1 Å². The molecule has 1 saturated carbocycles. The largest absolute Gasteiger partial charge is 0.338 e. The first-order valence-corrected chi connectivity index (χ1v) is 8.63. The maximum Gasteiger partial charge on any atom is 0.291 e. The summed E-state index contributed by atoms with van der Waals surface area (Å²) in [5.74, 6) is 0.776. The van der Waals surface area contributed by atoms with E-state index in [1.165, 1.54) is 0 Å². The summed E-state index contributed by atoms with van der Waals surface area (Å²) in [6, 6.07) is 1.80. The third-order valence-corrected chi connectivity index (χ3v) is 5.20. The number of anilines is 1. The van der Waals surface area contributed by atoms with Gasteiger partial charge in [-0.1, -0.05) is 0 Å². The molecule has 0 aromatic carbocycles. The van der Waals surface area contributed by atoms with Gasteiger partial charge < -0.3 is 11.1 Å². The average molecular weight is 344 g/mol. The quantitative estimate of drug-likeness (QED) is 0.383. The number of nitrogens with zero attached hydrogens (tertiary/aromatic N) is 3. The van der Waals surface area contributed by atoms with Gasteiger partial charge in [0.2, 0.25) is 5.91 Å². The molecule has 134 valence electrons. The second-order valence-electron chi connectivity index (χ2n) is 7.45. The fourth-order valence-corrected chi connectivity index (χ4v) is 3.55. The van der Waals surface area contributed by atoms with Gasteiger partial charge in [0, 0.05) is 18.0 Å². The molecule has 0 unspecified atom stereocenters. The van der Waals surface area contributed by atoms with Crippen LogP contribution in [-0.2, 0) is 4.79 Å². The Balaban J connectivity index is 1.57. The maximum atomic E-state index is 12.6. The van der Waals surface area contributed by atoms with Crippen molar-refractivity contribution in [2.24, 2.45) is 17.6 Å². The highest BCUT2D eigenvalue weighted by Gasteiger charge is 2.31. The fraction of sp³-hybridized carbons (Fsp3) is 0.529. The number of carbonyl (C=O) groups excluding carboxylic acids is 1. The van der Waals surface area contributed by atoms with Crippen molar-refractivity contribution in [3.8, 4) is 0 Å². The van der Waals surface area contributed by atoms with Gasteiger partial charge in [-0.05, 0) is 31.7 Å². The Morgan fingerprint density at radius 1 is 1.40 bits per heavy atom. The summed E-state index contributed by atoms with van der Waals surface area (Å²) < 4.78 is 0.414. The van der Waals surface area contributed by atoms with E-state index in [0.717, 1.165) is 43.3 Å². The van der Waals surface area contributed by atoms with E-state index in [1.54, 1.807) is 18.5 Å². The molecule has 1 aliphatic carbocycles. The van der Waals surface area contributed by atoms with Crippen molar-refractivity contribution < 1.29 is 9.28 Å². The van der Waals surface area contributed by atoms with Crippen LogP contribution >= 0.6 is 0 Å². The molecule has 2 heterocycles. The Kier molecular flexibility index (Phi) is 4.71. The third kappa shape index (κ3) is 3.79. The van der Waals surface area contributed by atoms with E-state index in [2.05, 4.69) is 20.5 Å². The molecule has 0 saturated heterocycles. The number of amides is 1. The lowest BCUT2D eigenvalue weighted by Crippen LogP contribution is -2.52. The number of hydrogen-bond donors (Lipinski definition) is 4. The summed E-state index contributed by atoms with van der Waals surface area (Å²) in [5.41, 5.74) is 7.09. The highest BCUT2D eigenvalue weighted by molar-refractivity contribution is 6.00. The minimum Gasteiger partial charge on any atom is -0.338 e. The first kappa shape index (κ1) is 17.3. The van der Waals surface area contributed by atoms with E-state index < -0.39 is 0 Å². The van der Waals surface area contributed by atoms with Crippen LogP contribution in [0.3, 0.4) is 0 Å². The van der Waals surface area contributed by atoms with Gasteiger partial charge in [0.05, 0.1) is 37.9 Å². The first-order valence-electron chi connectivity index (χ1n) is 8.63. The molecule has 0 bridgehead atoms. The SMILES string of the molecule is C[N+](C)(C[C@H]1CC[C@H](C(=O)Nc2ccnc3[nH]ncc23)CC1)C(=N)N. The zero-order valence-corrected chi connectivity index (χ0v) is 14.7. The van der Waals surface area contributed by atoms with Gasteiger partial charge in [0.25, 0.3) is 5.96 Å². The predicted molar refractivity (Wildman–Crippen MR) is 96.9 cm³/mol. The number of quaternary nitrogens is 1. The van der Waals surface area contributed by atoms with Crippen LogP contribution in [0.5, 0.6) is 0 Å². The molecule has 0 atom stereocenters. The number of pyridine rings is 1. The van der Waals surface area contributed by atoms with Gasteiger partial charge in [-0.25, -0.2) is 10.4 Å². The van der Waals surface area contributed by atoms with E-state index in [-0.39, 0.29) is 17.8 Å². The fourth-order valence-electron chi connectivity index (χ4n) is 3.55. The highest BCUT2D eigenvalue weighted by Crippen LogP contribution is 2.31. The van der Waals surface area contributed by atoms with Crippen LogP contribution in [0.4, 0.5) is 5.69 Å². The Morgan fingerprint density at radius 2 is 2.12 bits per heavy atom. The van der Waals surface area contributed by atoms with Crippen LogP contribution in [-0.4, -0.2) is 52.2 Å². The smallest absolute Gasteiger partial charge is 0.291 e. The monoisotopic (exact) mass is 344 g/mol. The predicted octanol–water partition coefficient (Wildman–Crippen LogP) is 1.67. The van der Waals surface area contributed by atoms with E-state index in [9.17, 15) is 4.79 Å². The zero-order valence-electron chi connectivity index (χ0n) is 14.7. The van der Waals surface area contributed by atoms with Crippen LogP contribution < -0.4 is 11.1 Å². The Hall–Kier alpha value is -2.48. The molecule has 8 nitrogen and oxygen atoms in total. The van der Waals surface area contributed by atoms with Crippen molar-refractivity contribution in [3.05, 3.63) is 18.5 Å². The van der Waals surface area contributed by atoms with Gasteiger partial charge >= 0.3 is 0 Å². The Morgan fingerprint density at radius 3 is 2.80 bits per heavy atom. The molecule has 0 aliphatic heterocycles. The summed E-state index contributed by atoms with van der Waals surface area (Å²) in [6.07, 6.45) is 7.06. The zero-order chi connectivity index (χ0) is 18.0. The van der Waals surface area contributed by atoms with Gasteiger partial charge in [0.1, 0.15) is 0 Å². The summed E-state index contributed by atoms with van der Waals surface area (Å²) >= 11 is 0. The summed E-state index contributed by atoms with van der Waals surface area (Å²) in [4.78, 5) is 16.8. The van der Waals surface area contributed by atoms with Crippen LogP contribution in [0.2, 0.25) is 0 Å². The molecule has 2 aromatic rings. The number of carbonyl (C=O) groups is 1. The lowest BCUT2D eigenvalue weighted by molar-refractivity contribution is -0.805. The van der Waals surface area contributed by atoms with Crippen molar-refractivity contribution >= 4 is 28.6 Å². The third-order valence-electron chi connectivity index (χ3n) is 5.20. The summed E-state index contributed by atoms with van der Waals surface area (Å²) in [7, 11) is 3.92. The number of nitrogens with one attached hydrogen (secondary N) is 3. The lowest BCUT2D eigenvalue weighted by Gasteiger charge is -2.34.